The second kappa shape index (κ2) is 10.8. The first kappa shape index (κ1) is 27.1. The molecule has 1 aromatic carbocycles. The maximum atomic E-state index is 13.2. The third-order valence-corrected chi connectivity index (χ3v) is 8.11. The molecule has 2 aromatic rings. The first-order chi connectivity index (χ1) is 17.5. The molecule has 1 saturated heterocycles. The SMILES string of the molecule is O=C(Nc1cccc(OCCC(F)(F)F)n1)c1ccc(S(=O)(=O)NCCO)cc1N1CCC2(CC1)CC2. The van der Waals surface area contributed by atoms with Crippen molar-refractivity contribution in [1.29, 1.82) is 0 Å². The number of anilines is 2. The van der Waals surface area contributed by atoms with E-state index in [1.165, 1.54) is 49.2 Å². The summed E-state index contributed by atoms with van der Waals surface area (Å²) in [6.45, 7) is 0.254. The average molecular weight is 543 g/mol. The highest BCUT2D eigenvalue weighted by molar-refractivity contribution is 7.89. The number of carbonyl (C=O) groups is 1. The monoisotopic (exact) mass is 542 g/mol. The van der Waals surface area contributed by atoms with Crippen LogP contribution in [-0.2, 0) is 10.0 Å². The van der Waals surface area contributed by atoms with Gasteiger partial charge >= 0.3 is 6.18 Å². The van der Waals surface area contributed by atoms with Gasteiger partial charge in [0.05, 0.1) is 35.8 Å². The van der Waals surface area contributed by atoms with E-state index in [0.717, 1.165) is 12.8 Å². The van der Waals surface area contributed by atoms with Crippen LogP contribution in [0, 0.1) is 5.41 Å². The maximum absolute atomic E-state index is 13.2. The molecule has 202 valence electrons. The Morgan fingerprint density at radius 1 is 1.14 bits per heavy atom. The van der Waals surface area contributed by atoms with E-state index in [9.17, 15) is 26.4 Å². The standard InChI is InChI=1S/C24H29F3N4O5S/c25-24(26,27)10-15-36-21-3-1-2-20(29-21)30-22(33)18-5-4-17(37(34,35)28-11-14-32)16-19(18)31-12-8-23(6-7-23)9-13-31/h1-5,16,28,32H,6-15H2,(H,29,30,33). The average Bonchev–Trinajstić information content (AvgIpc) is 3.61. The number of amides is 1. The zero-order chi connectivity index (χ0) is 26.7. The molecule has 2 aliphatic rings. The number of hydrogen-bond donors (Lipinski definition) is 3. The molecule has 3 N–H and O–H groups in total. The van der Waals surface area contributed by atoms with Crippen molar-refractivity contribution in [3.63, 3.8) is 0 Å². The van der Waals surface area contributed by atoms with E-state index >= 15 is 0 Å². The van der Waals surface area contributed by atoms with E-state index in [1.807, 2.05) is 4.90 Å². The molecule has 2 heterocycles. The van der Waals surface area contributed by atoms with Gasteiger partial charge in [0.1, 0.15) is 5.82 Å². The van der Waals surface area contributed by atoms with Gasteiger partial charge in [0.25, 0.3) is 5.91 Å². The Balaban J connectivity index is 1.55. The molecule has 4 rings (SSSR count). The van der Waals surface area contributed by atoms with Crippen LogP contribution < -0.4 is 19.7 Å². The summed E-state index contributed by atoms with van der Waals surface area (Å²) >= 11 is 0. The van der Waals surface area contributed by atoms with E-state index in [1.54, 1.807) is 0 Å². The van der Waals surface area contributed by atoms with E-state index in [4.69, 9.17) is 9.84 Å². The quantitative estimate of drug-likeness (QED) is 0.421. The van der Waals surface area contributed by atoms with Gasteiger partial charge in [-0.2, -0.15) is 18.2 Å². The number of benzene rings is 1. The van der Waals surface area contributed by atoms with E-state index in [2.05, 4.69) is 15.0 Å². The molecule has 37 heavy (non-hydrogen) atoms. The van der Waals surface area contributed by atoms with Gasteiger partial charge in [0, 0.05) is 25.7 Å². The van der Waals surface area contributed by atoms with Crippen molar-refractivity contribution in [2.24, 2.45) is 5.41 Å². The Bertz CT molecular complexity index is 1230. The molecule has 0 atom stereocenters. The molecule has 1 aliphatic carbocycles. The lowest BCUT2D eigenvalue weighted by molar-refractivity contribution is -0.139. The molecule has 9 nitrogen and oxygen atoms in total. The minimum Gasteiger partial charge on any atom is -0.477 e. The van der Waals surface area contributed by atoms with Crippen LogP contribution in [0.3, 0.4) is 0 Å². The fourth-order valence-electron chi connectivity index (χ4n) is 4.31. The van der Waals surface area contributed by atoms with Gasteiger partial charge in [-0.1, -0.05) is 6.07 Å². The second-order valence-corrected chi connectivity index (χ2v) is 11.1. The number of aliphatic hydroxyl groups excluding tert-OH is 1. The number of aliphatic hydroxyl groups is 1. The molecule has 1 spiro atoms. The summed E-state index contributed by atoms with van der Waals surface area (Å²) in [5, 5.41) is 11.6. The van der Waals surface area contributed by atoms with Crippen molar-refractivity contribution in [3.05, 3.63) is 42.0 Å². The minimum absolute atomic E-state index is 0.0302. The first-order valence-corrected chi connectivity index (χ1v) is 13.5. The molecule has 2 fully saturated rings. The highest BCUT2D eigenvalue weighted by atomic mass is 32.2. The Labute approximate surface area is 213 Å². The number of rotatable bonds is 10. The zero-order valence-electron chi connectivity index (χ0n) is 20.1. The molecule has 0 unspecified atom stereocenters. The van der Waals surface area contributed by atoms with Crippen LogP contribution in [-0.4, -0.2) is 63.4 Å². The summed E-state index contributed by atoms with van der Waals surface area (Å²) in [5.74, 6) is -0.532. The number of nitrogens with zero attached hydrogens (tertiary/aromatic N) is 2. The van der Waals surface area contributed by atoms with Gasteiger partial charge in [-0.3, -0.25) is 4.79 Å². The smallest absolute Gasteiger partial charge is 0.392 e. The van der Waals surface area contributed by atoms with E-state index in [0.29, 0.717) is 24.2 Å². The number of hydrogen-bond acceptors (Lipinski definition) is 7. The molecular weight excluding hydrogens is 513 g/mol. The molecule has 0 radical (unpaired) electrons. The van der Waals surface area contributed by atoms with Crippen LogP contribution in [0.1, 0.15) is 42.5 Å². The second-order valence-electron chi connectivity index (χ2n) is 9.32. The molecule has 0 bridgehead atoms. The summed E-state index contributed by atoms with van der Waals surface area (Å²) in [4.78, 5) is 19.3. The summed E-state index contributed by atoms with van der Waals surface area (Å²) < 4.78 is 69.8. The van der Waals surface area contributed by atoms with Crippen LogP contribution >= 0.6 is 0 Å². The van der Waals surface area contributed by atoms with Crippen molar-refractivity contribution < 1.29 is 36.2 Å². The van der Waals surface area contributed by atoms with Gasteiger partial charge in [-0.05, 0) is 55.4 Å². The van der Waals surface area contributed by atoms with Crippen LogP contribution in [0.15, 0.2) is 41.3 Å². The first-order valence-electron chi connectivity index (χ1n) is 12.0. The van der Waals surface area contributed by atoms with Crippen molar-refractivity contribution >= 4 is 27.4 Å². The van der Waals surface area contributed by atoms with E-state index in [-0.39, 0.29) is 35.3 Å². The molecule has 1 amide bonds. The van der Waals surface area contributed by atoms with Gasteiger partial charge in [0.2, 0.25) is 15.9 Å². The number of alkyl halides is 3. The predicted octanol–water partition coefficient (Wildman–Crippen LogP) is 3.32. The van der Waals surface area contributed by atoms with Crippen LogP contribution in [0.25, 0.3) is 0 Å². The Kier molecular flexibility index (Phi) is 7.95. The third kappa shape index (κ3) is 7.11. The number of nitrogens with one attached hydrogen (secondary N) is 2. The van der Waals surface area contributed by atoms with Crippen LogP contribution in [0.5, 0.6) is 5.88 Å². The van der Waals surface area contributed by atoms with Crippen molar-refractivity contribution in [1.82, 2.24) is 9.71 Å². The summed E-state index contributed by atoms with van der Waals surface area (Å²) in [5.41, 5.74) is 1.05. The Hall–Kier alpha value is -2.90. The maximum Gasteiger partial charge on any atom is 0.392 e. The number of pyridine rings is 1. The molecule has 1 aromatic heterocycles. The lowest BCUT2D eigenvalue weighted by Gasteiger charge is -2.35. The van der Waals surface area contributed by atoms with Crippen LogP contribution in [0.2, 0.25) is 0 Å². The van der Waals surface area contributed by atoms with Crippen LogP contribution in [0.4, 0.5) is 24.7 Å². The Morgan fingerprint density at radius 3 is 2.51 bits per heavy atom. The number of halogens is 3. The summed E-state index contributed by atoms with van der Waals surface area (Å²) in [6, 6.07) is 8.54. The zero-order valence-corrected chi connectivity index (χ0v) is 20.9. The lowest BCUT2D eigenvalue weighted by atomic mass is 9.93. The molecule has 1 saturated carbocycles. The highest BCUT2D eigenvalue weighted by Crippen LogP contribution is 2.54. The normalized spacial score (nSPS) is 17.0. The number of carbonyl (C=O) groups excluding carboxylic acids is 1. The summed E-state index contributed by atoms with van der Waals surface area (Å²) in [7, 11) is -3.90. The molecular formula is C24H29F3N4O5S. The van der Waals surface area contributed by atoms with Gasteiger partial charge in [-0.15, -0.1) is 0 Å². The van der Waals surface area contributed by atoms with Crippen molar-refractivity contribution in [2.45, 2.75) is 43.2 Å². The fourth-order valence-corrected chi connectivity index (χ4v) is 5.35. The predicted molar refractivity (Wildman–Crippen MR) is 130 cm³/mol. The van der Waals surface area contributed by atoms with Crippen molar-refractivity contribution in [3.8, 4) is 5.88 Å². The topological polar surface area (TPSA) is 121 Å². The van der Waals surface area contributed by atoms with Gasteiger partial charge in [-0.25, -0.2) is 13.1 Å². The number of aromatic nitrogens is 1. The minimum atomic E-state index is -4.36. The highest BCUT2D eigenvalue weighted by Gasteiger charge is 2.44. The van der Waals surface area contributed by atoms with E-state index < -0.39 is 35.1 Å². The number of ether oxygens (including phenoxy) is 1. The third-order valence-electron chi connectivity index (χ3n) is 6.65. The van der Waals surface area contributed by atoms with Crippen molar-refractivity contribution in [2.75, 3.05) is 43.1 Å². The number of piperidine rings is 1. The fraction of sp³-hybridized carbons (Fsp3) is 0.500. The molecule has 1 aliphatic heterocycles. The summed E-state index contributed by atoms with van der Waals surface area (Å²) in [6.07, 6.45) is -1.22. The van der Waals surface area contributed by atoms with Gasteiger partial charge in [0.15, 0.2) is 0 Å². The lowest BCUT2D eigenvalue weighted by Crippen LogP contribution is -2.36. The van der Waals surface area contributed by atoms with Gasteiger partial charge < -0.3 is 20.1 Å². The molecule has 13 heteroatoms. The largest absolute Gasteiger partial charge is 0.477 e. The Morgan fingerprint density at radius 2 is 1.86 bits per heavy atom. The number of sulfonamides is 1.